The van der Waals surface area contributed by atoms with Gasteiger partial charge in [-0.1, -0.05) is 48.0 Å². The molecule has 0 spiro atoms. The molecule has 8 nitrogen and oxygen atoms in total. The van der Waals surface area contributed by atoms with E-state index in [1.165, 1.54) is 19.2 Å². The van der Waals surface area contributed by atoms with E-state index in [9.17, 15) is 19.2 Å². The number of hydrogen-bond acceptors (Lipinski definition) is 6. The van der Waals surface area contributed by atoms with Crippen LogP contribution in [0, 0.1) is 12.8 Å². The second-order valence-electron chi connectivity index (χ2n) is 9.19. The molecule has 4 rings (SSSR count). The van der Waals surface area contributed by atoms with Gasteiger partial charge in [0.1, 0.15) is 11.9 Å². The SMILES string of the molecule is CCOC1C(=O)N(C(C(=O)Nc2cc(C)ccc2Cl)C(=O)c2ccc(OC)cc2)C(=O)C1Cc1ccccc1. The normalized spacial score (nSPS) is 17.7. The molecule has 0 radical (unpaired) electrons. The van der Waals surface area contributed by atoms with Crippen LogP contribution in [0.2, 0.25) is 5.02 Å². The summed E-state index contributed by atoms with van der Waals surface area (Å²) in [7, 11) is 1.49. The fourth-order valence-electron chi connectivity index (χ4n) is 4.61. The van der Waals surface area contributed by atoms with Crippen LogP contribution in [0.4, 0.5) is 5.69 Å². The molecule has 39 heavy (non-hydrogen) atoms. The third-order valence-electron chi connectivity index (χ3n) is 6.55. The molecule has 1 N–H and O–H groups in total. The monoisotopic (exact) mass is 548 g/mol. The number of halogens is 1. The smallest absolute Gasteiger partial charge is 0.260 e. The summed E-state index contributed by atoms with van der Waals surface area (Å²) in [5, 5.41) is 2.90. The molecule has 202 valence electrons. The number of nitrogens with zero attached hydrogens (tertiary/aromatic N) is 1. The molecule has 3 aromatic rings. The molecule has 9 heteroatoms. The summed E-state index contributed by atoms with van der Waals surface area (Å²) in [4.78, 5) is 55.8. The van der Waals surface area contributed by atoms with Crippen LogP contribution in [0.3, 0.4) is 0 Å². The molecular formula is C30H29ClN2O6. The van der Waals surface area contributed by atoms with Gasteiger partial charge in [0.15, 0.2) is 11.8 Å². The van der Waals surface area contributed by atoms with Gasteiger partial charge >= 0.3 is 0 Å². The number of nitrogens with one attached hydrogen (secondary N) is 1. The number of carbonyl (C=O) groups is 4. The van der Waals surface area contributed by atoms with Crippen LogP contribution in [0.5, 0.6) is 5.75 Å². The number of carbonyl (C=O) groups excluding carboxylic acids is 4. The predicted molar refractivity (Wildman–Crippen MR) is 147 cm³/mol. The van der Waals surface area contributed by atoms with Crippen LogP contribution in [-0.2, 0) is 25.5 Å². The molecule has 0 aromatic heterocycles. The maximum atomic E-state index is 13.8. The van der Waals surface area contributed by atoms with Crippen molar-refractivity contribution >= 4 is 40.8 Å². The van der Waals surface area contributed by atoms with Gasteiger partial charge in [-0.2, -0.15) is 0 Å². The van der Waals surface area contributed by atoms with Crippen LogP contribution >= 0.6 is 11.6 Å². The van der Waals surface area contributed by atoms with Gasteiger partial charge in [-0.15, -0.1) is 0 Å². The number of hydrogen-bond donors (Lipinski definition) is 1. The van der Waals surface area contributed by atoms with E-state index in [-0.39, 0.29) is 29.3 Å². The quantitative estimate of drug-likeness (QED) is 0.228. The van der Waals surface area contributed by atoms with Gasteiger partial charge in [0.25, 0.3) is 11.8 Å². The molecule has 1 saturated heterocycles. The zero-order valence-electron chi connectivity index (χ0n) is 21.8. The summed E-state index contributed by atoms with van der Waals surface area (Å²) in [6.07, 6.45) is -0.925. The third kappa shape index (κ3) is 6.02. The summed E-state index contributed by atoms with van der Waals surface area (Å²) >= 11 is 6.29. The van der Waals surface area contributed by atoms with E-state index in [2.05, 4.69) is 5.32 Å². The lowest BCUT2D eigenvalue weighted by Crippen LogP contribution is -2.52. The zero-order valence-corrected chi connectivity index (χ0v) is 22.6. The number of amides is 3. The molecule has 3 aromatic carbocycles. The van der Waals surface area contributed by atoms with Gasteiger partial charge in [0.05, 0.1) is 23.7 Å². The molecular weight excluding hydrogens is 520 g/mol. The largest absolute Gasteiger partial charge is 0.497 e. The number of anilines is 1. The molecule has 3 amide bonds. The van der Waals surface area contributed by atoms with Crippen molar-refractivity contribution in [1.82, 2.24) is 4.90 Å². The Morgan fingerprint density at radius 1 is 1.00 bits per heavy atom. The number of rotatable bonds is 10. The molecule has 1 heterocycles. The standard InChI is InChI=1S/C30H29ClN2O6/c1-4-39-27-22(17-19-8-6-5-7-9-19)29(36)33(30(27)37)25(26(34)20-11-13-21(38-3)14-12-20)28(35)32-24-16-18(2)10-15-23(24)31/h5-16,22,25,27H,4,17H2,1-3H3,(H,32,35). The van der Waals surface area contributed by atoms with Gasteiger partial charge in [-0.05, 0) is 67.8 Å². The van der Waals surface area contributed by atoms with Crippen molar-refractivity contribution in [2.45, 2.75) is 32.4 Å². The minimum atomic E-state index is -1.78. The molecule has 1 fully saturated rings. The Labute approximate surface area is 231 Å². The van der Waals surface area contributed by atoms with E-state index in [1.54, 1.807) is 37.3 Å². The number of benzene rings is 3. The number of ether oxygens (including phenoxy) is 2. The van der Waals surface area contributed by atoms with Gasteiger partial charge < -0.3 is 14.8 Å². The van der Waals surface area contributed by atoms with Gasteiger partial charge in [-0.3, -0.25) is 24.1 Å². The van der Waals surface area contributed by atoms with Crippen LogP contribution in [-0.4, -0.2) is 54.3 Å². The molecule has 0 bridgehead atoms. The minimum Gasteiger partial charge on any atom is -0.497 e. The highest BCUT2D eigenvalue weighted by Gasteiger charge is 2.54. The van der Waals surface area contributed by atoms with Gasteiger partial charge in [0.2, 0.25) is 5.91 Å². The first-order valence-corrected chi connectivity index (χ1v) is 12.9. The van der Waals surface area contributed by atoms with E-state index in [1.807, 2.05) is 37.3 Å². The lowest BCUT2D eigenvalue weighted by atomic mass is 9.95. The van der Waals surface area contributed by atoms with E-state index < -0.39 is 41.6 Å². The maximum Gasteiger partial charge on any atom is 0.260 e. The number of imide groups is 1. The van der Waals surface area contributed by atoms with Crippen LogP contribution in [0.15, 0.2) is 72.8 Å². The fourth-order valence-corrected chi connectivity index (χ4v) is 4.78. The number of ketones is 1. The topological polar surface area (TPSA) is 102 Å². The van der Waals surface area contributed by atoms with Crippen molar-refractivity contribution < 1.29 is 28.7 Å². The average Bonchev–Trinajstić information content (AvgIpc) is 3.16. The molecule has 0 saturated carbocycles. The van der Waals surface area contributed by atoms with E-state index >= 15 is 0 Å². The Balaban J connectivity index is 1.75. The maximum absolute atomic E-state index is 13.8. The van der Waals surface area contributed by atoms with Crippen molar-refractivity contribution in [2.24, 2.45) is 5.92 Å². The second kappa shape index (κ2) is 12.2. The summed E-state index contributed by atoms with van der Waals surface area (Å²) in [6.45, 7) is 3.71. The van der Waals surface area contributed by atoms with E-state index in [4.69, 9.17) is 21.1 Å². The van der Waals surface area contributed by atoms with Crippen molar-refractivity contribution in [3.8, 4) is 5.75 Å². The number of likely N-dealkylation sites (tertiary alicyclic amines) is 1. The minimum absolute atomic E-state index is 0.131. The van der Waals surface area contributed by atoms with Gasteiger partial charge in [0, 0.05) is 12.2 Å². The lowest BCUT2D eigenvalue weighted by molar-refractivity contribution is -0.146. The zero-order chi connectivity index (χ0) is 28.1. The Morgan fingerprint density at radius 2 is 1.69 bits per heavy atom. The summed E-state index contributed by atoms with van der Waals surface area (Å²) in [6, 6.07) is 18.5. The Hall–Kier alpha value is -4.01. The Kier molecular flexibility index (Phi) is 8.79. The Morgan fingerprint density at radius 3 is 2.33 bits per heavy atom. The molecule has 1 aliphatic heterocycles. The summed E-state index contributed by atoms with van der Waals surface area (Å²) < 4.78 is 10.9. The molecule has 1 aliphatic rings. The number of aryl methyl sites for hydroxylation is 1. The second-order valence-corrected chi connectivity index (χ2v) is 9.59. The van der Waals surface area contributed by atoms with Crippen molar-refractivity contribution in [3.05, 3.63) is 94.5 Å². The predicted octanol–water partition coefficient (Wildman–Crippen LogP) is 4.48. The highest BCUT2D eigenvalue weighted by atomic mass is 35.5. The molecule has 0 aliphatic carbocycles. The van der Waals surface area contributed by atoms with E-state index in [0.29, 0.717) is 5.75 Å². The third-order valence-corrected chi connectivity index (χ3v) is 6.88. The number of Topliss-reactive ketones (excluding diaryl/α,β-unsaturated/α-hetero) is 1. The fraction of sp³-hybridized carbons (Fsp3) is 0.267. The van der Waals surface area contributed by atoms with Crippen LogP contribution in [0.1, 0.15) is 28.4 Å². The van der Waals surface area contributed by atoms with Crippen molar-refractivity contribution in [1.29, 1.82) is 0 Å². The molecule has 3 unspecified atom stereocenters. The number of methoxy groups -OCH3 is 1. The summed E-state index contributed by atoms with van der Waals surface area (Å²) in [5.41, 5.74) is 2.03. The highest BCUT2D eigenvalue weighted by molar-refractivity contribution is 6.34. The first kappa shape index (κ1) is 28.0. The highest BCUT2D eigenvalue weighted by Crippen LogP contribution is 2.31. The van der Waals surface area contributed by atoms with Crippen molar-refractivity contribution in [3.63, 3.8) is 0 Å². The molecule has 3 atom stereocenters. The first-order chi connectivity index (χ1) is 18.7. The Bertz CT molecular complexity index is 1380. The first-order valence-electron chi connectivity index (χ1n) is 12.5. The van der Waals surface area contributed by atoms with Crippen molar-refractivity contribution in [2.75, 3.05) is 19.0 Å². The average molecular weight is 549 g/mol. The van der Waals surface area contributed by atoms with Crippen LogP contribution in [0.25, 0.3) is 0 Å². The van der Waals surface area contributed by atoms with Gasteiger partial charge in [-0.25, -0.2) is 0 Å². The summed E-state index contributed by atoms with van der Waals surface area (Å²) in [5.74, 6) is -3.37. The lowest BCUT2D eigenvalue weighted by Gasteiger charge is -2.25. The van der Waals surface area contributed by atoms with E-state index in [0.717, 1.165) is 16.0 Å². The van der Waals surface area contributed by atoms with Crippen LogP contribution < -0.4 is 10.1 Å².